The van der Waals surface area contributed by atoms with Gasteiger partial charge in [0.15, 0.2) is 0 Å². The number of carbonyl (C=O) groups excluding carboxylic acids is 1. The minimum absolute atomic E-state index is 0.0316. The molecule has 0 bridgehead atoms. The van der Waals surface area contributed by atoms with Gasteiger partial charge in [-0.2, -0.15) is 0 Å². The van der Waals surface area contributed by atoms with E-state index in [9.17, 15) is 9.18 Å². The summed E-state index contributed by atoms with van der Waals surface area (Å²) in [5.41, 5.74) is 0.504. The van der Waals surface area contributed by atoms with E-state index in [-0.39, 0.29) is 5.02 Å². The summed E-state index contributed by atoms with van der Waals surface area (Å²) in [6, 6.07) is 5.93. The SMILES string of the molecule is CCOC(=O)c1ccc(-c2cc(F)c(Cl)cc2Cl)s1. The molecule has 0 amide bonds. The Bertz CT molecular complexity index is 625. The molecule has 6 heteroatoms. The van der Waals surface area contributed by atoms with E-state index in [1.807, 2.05) is 0 Å². The van der Waals surface area contributed by atoms with Crippen molar-refractivity contribution in [3.63, 3.8) is 0 Å². The van der Waals surface area contributed by atoms with Crippen molar-refractivity contribution in [3.8, 4) is 10.4 Å². The third-order valence-electron chi connectivity index (χ3n) is 2.36. The van der Waals surface area contributed by atoms with Gasteiger partial charge in [0.2, 0.25) is 0 Å². The Morgan fingerprint density at radius 1 is 1.32 bits per heavy atom. The lowest BCUT2D eigenvalue weighted by molar-refractivity contribution is 0.0532. The maximum absolute atomic E-state index is 13.5. The van der Waals surface area contributed by atoms with E-state index in [0.717, 1.165) is 0 Å². The fraction of sp³-hybridized carbons (Fsp3) is 0.154. The van der Waals surface area contributed by atoms with Crippen LogP contribution in [0.25, 0.3) is 10.4 Å². The number of esters is 1. The van der Waals surface area contributed by atoms with Gasteiger partial charge in [-0.3, -0.25) is 0 Å². The van der Waals surface area contributed by atoms with Crippen molar-refractivity contribution in [2.45, 2.75) is 6.92 Å². The number of thiophene rings is 1. The third kappa shape index (κ3) is 3.08. The van der Waals surface area contributed by atoms with E-state index in [2.05, 4.69) is 0 Å². The standard InChI is InChI=1S/C13H9Cl2FO2S/c1-2-18-13(17)12-4-3-11(19-12)7-5-10(16)9(15)6-8(7)14/h3-6H,2H2,1H3. The van der Waals surface area contributed by atoms with Gasteiger partial charge in [0.1, 0.15) is 10.7 Å². The highest BCUT2D eigenvalue weighted by Crippen LogP contribution is 2.36. The molecule has 0 fully saturated rings. The molecule has 100 valence electrons. The summed E-state index contributed by atoms with van der Waals surface area (Å²) in [6.07, 6.45) is 0. The Labute approximate surface area is 123 Å². The molecule has 0 atom stereocenters. The molecule has 0 aliphatic rings. The molecule has 0 aliphatic heterocycles. The number of benzene rings is 1. The summed E-state index contributed by atoms with van der Waals surface area (Å²) in [7, 11) is 0. The Balaban J connectivity index is 2.38. The number of hydrogen-bond acceptors (Lipinski definition) is 3. The molecule has 19 heavy (non-hydrogen) atoms. The van der Waals surface area contributed by atoms with Crippen molar-refractivity contribution in [2.24, 2.45) is 0 Å². The first-order valence-electron chi connectivity index (χ1n) is 5.44. The highest BCUT2D eigenvalue weighted by atomic mass is 35.5. The molecular formula is C13H9Cl2FO2S. The summed E-state index contributed by atoms with van der Waals surface area (Å²) >= 11 is 12.9. The van der Waals surface area contributed by atoms with E-state index >= 15 is 0 Å². The zero-order valence-corrected chi connectivity index (χ0v) is 12.2. The van der Waals surface area contributed by atoms with Gasteiger partial charge in [0, 0.05) is 10.4 Å². The number of halogens is 3. The molecule has 2 rings (SSSR count). The van der Waals surface area contributed by atoms with E-state index < -0.39 is 11.8 Å². The van der Waals surface area contributed by atoms with Gasteiger partial charge in [-0.1, -0.05) is 23.2 Å². The smallest absolute Gasteiger partial charge is 0.348 e. The lowest BCUT2D eigenvalue weighted by Gasteiger charge is -2.03. The van der Waals surface area contributed by atoms with Crippen LogP contribution in [0.1, 0.15) is 16.6 Å². The van der Waals surface area contributed by atoms with E-state index in [1.54, 1.807) is 19.1 Å². The minimum atomic E-state index is -0.549. The molecule has 1 aromatic heterocycles. The van der Waals surface area contributed by atoms with Crippen molar-refractivity contribution in [2.75, 3.05) is 6.61 Å². The average molecular weight is 319 g/mol. The number of carbonyl (C=O) groups is 1. The lowest BCUT2D eigenvalue weighted by Crippen LogP contribution is -2.01. The topological polar surface area (TPSA) is 26.3 Å². The average Bonchev–Trinajstić information content (AvgIpc) is 2.83. The Morgan fingerprint density at radius 3 is 2.74 bits per heavy atom. The van der Waals surface area contributed by atoms with Gasteiger partial charge in [-0.25, -0.2) is 9.18 Å². The van der Waals surface area contributed by atoms with E-state index in [4.69, 9.17) is 27.9 Å². The molecule has 0 N–H and O–H groups in total. The van der Waals surface area contributed by atoms with Crippen molar-refractivity contribution < 1.29 is 13.9 Å². The number of ether oxygens (including phenoxy) is 1. The molecule has 0 saturated heterocycles. The molecule has 1 heterocycles. The van der Waals surface area contributed by atoms with E-state index in [0.29, 0.717) is 26.9 Å². The van der Waals surface area contributed by atoms with Crippen LogP contribution in [0.15, 0.2) is 24.3 Å². The van der Waals surface area contributed by atoms with Gasteiger partial charge in [-0.15, -0.1) is 11.3 Å². The first-order chi connectivity index (χ1) is 9.02. The quantitative estimate of drug-likeness (QED) is 0.585. The molecule has 0 spiro atoms. The molecule has 2 aromatic rings. The summed E-state index contributed by atoms with van der Waals surface area (Å²) in [6.45, 7) is 2.04. The second kappa shape index (κ2) is 5.90. The predicted octanol–water partition coefficient (Wildman–Crippen LogP) is 5.04. The summed E-state index contributed by atoms with van der Waals surface area (Å²) in [4.78, 5) is 12.7. The Hall–Kier alpha value is -1.10. The van der Waals surface area contributed by atoms with Crippen LogP contribution in [0.3, 0.4) is 0 Å². The zero-order chi connectivity index (χ0) is 14.0. The van der Waals surface area contributed by atoms with Crippen molar-refractivity contribution in [1.82, 2.24) is 0 Å². The fourth-order valence-electron chi connectivity index (χ4n) is 1.51. The van der Waals surface area contributed by atoms with Crippen LogP contribution in [0, 0.1) is 5.82 Å². The maximum Gasteiger partial charge on any atom is 0.348 e. The summed E-state index contributed by atoms with van der Waals surface area (Å²) < 4.78 is 18.3. The lowest BCUT2D eigenvalue weighted by atomic mass is 10.2. The van der Waals surface area contributed by atoms with Crippen molar-refractivity contribution >= 4 is 40.5 Å². The van der Waals surface area contributed by atoms with Gasteiger partial charge < -0.3 is 4.74 Å². The monoisotopic (exact) mass is 318 g/mol. The molecule has 0 aliphatic carbocycles. The van der Waals surface area contributed by atoms with Crippen LogP contribution < -0.4 is 0 Å². The summed E-state index contributed by atoms with van der Waals surface area (Å²) in [5, 5.41) is 0.305. The van der Waals surface area contributed by atoms with Gasteiger partial charge in [0.05, 0.1) is 16.7 Å². The second-order valence-corrected chi connectivity index (χ2v) is 5.53. The Kier molecular flexibility index (Phi) is 4.45. The third-order valence-corrected chi connectivity index (χ3v) is 4.06. The van der Waals surface area contributed by atoms with Gasteiger partial charge >= 0.3 is 5.97 Å². The molecule has 1 aromatic carbocycles. The van der Waals surface area contributed by atoms with Crippen molar-refractivity contribution in [3.05, 3.63) is 45.0 Å². The van der Waals surface area contributed by atoms with Gasteiger partial charge in [0.25, 0.3) is 0 Å². The second-order valence-electron chi connectivity index (χ2n) is 3.63. The predicted molar refractivity (Wildman–Crippen MR) is 75.7 cm³/mol. The number of rotatable bonds is 3. The van der Waals surface area contributed by atoms with Crippen LogP contribution in [-0.2, 0) is 4.74 Å². The largest absolute Gasteiger partial charge is 0.462 e. The molecule has 0 unspecified atom stereocenters. The van der Waals surface area contributed by atoms with Crippen molar-refractivity contribution in [1.29, 1.82) is 0 Å². The van der Waals surface area contributed by atoms with Gasteiger partial charge in [-0.05, 0) is 31.2 Å². The highest BCUT2D eigenvalue weighted by Gasteiger charge is 2.14. The summed E-state index contributed by atoms with van der Waals surface area (Å²) in [5.74, 6) is -0.948. The molecule has 0 radical (unpaired) electrons. The minimum Gasteiger partial charge on any atom is -0.462 e. The first-order valence-corrected chi connectivity index (χ1v) is 7.02. The zero-order valence-electron chi connectivity index (χ0n) is 9.88. The molecule has 2 nitrogen and oxygen atoms in total. The maximum atomic E-state index is 13.5. The first kappa shape index (κ1) is 14.3. The normalized spacial score (nSPS) is 10.5. The van der Waals surface area contributed by atoms with Crippen LogP contribution in [0.5, 0.6) is 0 Å². The highest BCUT2D eigenvalue weighted by molar-refractivity contribution is 7.17. The van der Waals surface area contributed by atoms with Crippen LogP contribution >= 0.6 is 34.5 Å². The Morgan fingerprint density at radius 2 is 2.05 bits per heavy atom. The molecular weight excluding hydrogens is 310 g/mol. The van der Waals surface area contributed by atoms with Crippen LogP contribution in [-0.4, -0.2) is 12.6 Å². The van der Waals surface area contributed by atoms with Crippen LogP contribution in [0.2, 0.25) is 10.0 Å². The fourth-order valence-corrected chi connectivity index (χ4v) is 2.98. The number of hydrogen-bond donors (Lipinski definition) is 0. The van der Waals surface area contributed by atoms with E-state index in [1.165, 1.54) is 23.5 Å². The van der Waals surface area contributed by atoms with Crippen LogP contribution in [0.4, 0.5) is 4.39 Å². The molecule has 0 saturated carbocycles.